The summed E-state index contributed by atoms with van der Waals surface area (Å²) >= 11 is 4.95. The van der Waals surface area contributed by atoms with Crippen molar-refractivity contribution in [2.75, 3.05) is 0 Å². The molecule has 2 aromatic rings. The van der Waals surface area contributed by atoms with E-state index in [4.69, 9.17) is 5.11 Å². The number of halogens is 1. The van der Waals surface area contributed by atoms with Gasteiger partial charge in [-0.1, -0.05) is 18.7 Å². The molecule has 0 aliphatic carbocycles. The Bertz CT molecular complexity index is 643. The van der Waals surface area contributed by atoms with E-state index in [-0.39, 0.29) is 5.56 Å². The van der Waals surface area contributed by atoms with Gasteiger partial charge in [0, 0.05) is 19.0 Å². The highest BCUT2D eigenvalue weighted by Crippen LogP contribution is 2.29. The molecule has 2 rings (SSSR count). The molecule has 1 N–H and O–H groups in total. The lowest BCUT2D eigenvalue weighted by atomic mass is 10.3. The van der Waals surface area contributed by atoms with Crippen LogP contribution >= 0.6 is 27.7 Å². The van der Waals surface area contributed by atoms with E-state index in [0.717, 1.165) is 22.3 Å². The topological polar surface area (TPSA) is 68.0 Å². The lowest BCUT2D eigenvalue weighted by Gasteiger charge is -2.05. The fourth-order valence-electron chi connectivity index (χ4n) is 1.78. The fraction of sp³-hybridized carbons (Fsp3) is 0.308. The minimum absolute atomic E-state index is 0.228. The van der Waals surface area contributed by atoms with Crippen molar-refractivity contribution in [3.05, 3.63) is 39.8 Å². The van der Waals surface area contributed by atoms with E-state index in [1.807, 2.05) is 18.7 Å². The van der Waals surface area contributed by atoms with E-state index in [0.29, 0.717) is 10.8 Å². The molecule has 0 saturated carbocycles. The first-order valence-electron chi connectivity index (χ1n) is 6.06. The molecule has 2 aromatic heterocycles. The van der Waals surface area contributed by atoms with Crippen LogP contribution in [0.2, 0.25) is 0 Å². The molecule has 0 atom stereocenters. The Kier molecular flexibility index (Phi) is 4.82. The molecule has 0 radical (unpaired) electrons. The number of carboxylic acids is 1. The summed E-state index contributed by atoms with van der Waals surface area (Å²) in [5, 5.41) is 14.1. The third kappa shape index (κ3) is 3.04. The van der Waals surface area contributed by atoms with Gasteiger partial charge in [-0.25, -0.2) is 9.78 Å². The predicted octanol–water partition coefficient (Wildman–Crippen LogP) is 3.13. The van der Waals surface area contributed by atoms with Crippen LogP contribution in [0.3, 0.4) is 0 Å². The highest BCUT2D eigenvalue weighted by Gasteiger charge is 2.15. The Hall–Kier alpha value is -1.34. The molecule has 5 nitrogen and oxygen atoms in total. The second-order valence-electron chi connectivity index (χ2n) is 4.13. The van der Waals surface area contributed by atoms with E-state index in [1.54, 1.807) is 18.3 Å². The molecule has 0 unspecified atom stereocenters. The third-order valence-electron chi connectivity index (χ3n) is 2.85. The van der Waals surface area contributed by atoms with Crippen molar-refractivity contribution in [3.8, 4) is 0 Å². The van der Waals surface area contributed by atoms with Crippen molar-refractivity contribution in [2.45, 2.75) is 24.1 Å². The van der Waals surface area contributed by atoms with Gasteiger partial charge in [-0.2, -0.15) is 5.10 Å². The SMILES string of the molecule is CCc1nn(C)c(CSc2ncccc2C(=O)O)c1Br. The smallest absolute Gasteiger partial charge is 0.338 e. The molecule has 0 fully saturated rings. The van der Waals surface area contributed by atoms with Crippen LogP contribution in [-0.4, -0.2) is 25.8 Å². The lowest BCUT2D eigenvalue weighted by Crippen LogP contribution is -2.01. The molecular weight excluding hydrogens is 342 g/mol. The number of carbonyl (C=O) groups is 1. The Morgan fingerprint density at radius 1 is 1.55 bits per heavy atom. The molecule has 2 heterocycles. The summed E-state index contributed by atoms with van der Waals surface area (Å²) in [6.07, 6.45) is 2.45. The first-order valence-corrected chi connectivity index (χ1v) is 7.83. The summed E-state index contributed by atoms with van der Waals surface area (Å²) in [4.78, 5) is 15.3. The number of pyridine rings is 1. The molecule has 0 bridgehead atoms. The Labute approximate surface area is 129 Å². The largest absolute Gasteiger partial charge is 0.478 e. The zero-order chi connectivity index (χ0) is 14.7. The number of aromatic carboxylic acids is 1. The minimum Gasteiger partial charge on any atom is -0.478 e. The van der Waals surface area contributed by atoms with Crippen molar-refractivity contribution in [1.82, 2.24) is 14.8 Å². The van der Waals surface area contributed by atoms with Gasteiger partial charge in [-0.05, 0) is 34.5 Å². The maximum atomic E-state index is 11.1. The number of carboxylic acid groups (broad SMARTS) is 1. The van der Waals surface area contributed by atoms with Gasteiger partial charge in [0.2, 0.25) is 0 Å². The van der Waals surface area contributed by atoms with Gasteiger partial charge in [0.1, 0.15) is 5.03 Å². The van der Waals surface area contributed by atoms with Crippen LogP contribution in [-0.2, 0) is 19.2 Å². The number of thioether (sulfide) groups is 1. The van der Waals surface area contributed by atoms with Gasteiger partial charge in [-0.15, -0.1) is 0 Å². The van der Waals surface area contributed by atoms with Gasteiger partial charge in [0.15, 0.2) is 0 Å². The number of nitrogens with zero attached hydrogens (tertiary/aromatic N) is 3. The van der Waals surface area contributed by atoms with E-state index in [9.17, 15) is 4.79 Å². The van der Waals surface area contributed by atoms with Crippen molar-refractivity contribution in [2.24, 2.45) is 7.05 Å². The van der Waals surface area contributed by atoms with Crippen LogP contribution in [0.15, 0.2) is 27.8 Å². The summed E-state index contributed by atoms with van der Waals surface area (Å²) in [6, 6.07) is 3.19. The third-order valence-corrected chi connectivity index (χ3v) is 4.78. The Morgan fingerprint density at radius 3 is 2.90 bits per heavy atom. The Morgan fingerprint density at radius 2 is 2.30 bits per heavy atom. The first kappa shape index (κ1) is 15.1. The van der Waals surface area contributed by atoms with Crippen molar-refractivity contribution >= 4 is 33.7 Å². The summed E-state index contributed by atoms with van der Waals surface area (Å²) in [5.74, 6) is -0.347. The number of rotatable bonds is 5. The van der Waals surface area contributed by atoms with E-state index in [2.05, 4.69) is 26.0 Å². The molecule has 0 amide bonds. The van der Waals surface area contributed by atoms with Crippen LogP contribution in [0.5, 0.6) is 0 Å². The highest BCUT2D eigenvalue weighted by atomic mass is 79.9. The molecule has 0 aliphatic rings. The second kappa shape index (κ2) is 6.41. The van der Waals surface area contributed by atoms with E-state index in [1.165, 1.54) is 11.8 Å². The summed E-state index contributed by atoms with van der Waals surface area (Å²) in [6.45, 7) is 2.05. The quantitative estimate of drug-likeness (QED) is 0.834. The average Bonchev–Trinajstić information content (AvgIpc) is 2.71. The molecule has 0 aromatic carbocycles. The summed E-state index contributed by atoms with van der Waals surface area (Å²) < 4.78 is 2.81. The Balaban J connectivity index is 2.21. The molecule has 0 saturated heterocycles. The fourth-order valence-corrected chi connectivity index (χ4v) is 3.77. The number of aromatic nitrogens is 3. The second-order valence-corrected chi connectivity index (χ2v) is 5.89. The maximum absolute atomic E-state index is 11.1. The standard InChI is InChI=1S/C13H14BrN3O2S/c1-3-9-11(14)10(17(2)16-9)7-20-12-8(13(18)19)5-4-6-15-12/h4-6H,3,7H2,1-2H3,(H,18,19). The molecule has 20 heavy (non-hydrogen) atoms. The lowest BCUT2D eigenvalue weighted by molar-refractivity contribution is 0.0692. The van der Waals surface area contributed by atoms with Crippen molar-refractivity contribution in [3.63, 3.8) is 0 Å². The van der Waals surface area contributed by atoms with E-state index < -0.39 is 5.97 Å². The summed E-state index contributed by atoms with van der Waals surface area (Å²) in [5.41, 5.74) is 2.25. The van der Waals surface area contributed by atoms with Gasteiger partial charge in [0.05, 0.1) is 21.4 Å². The molecule has 0 spiro atoms. The molecule has 7 heteroatoms. The minimum atomic E-state index is -0.959. The van der Waals surface area contributed by atoms with Crippen molar-refractivity contribution in [1.29, 1.82) is 0 Å². The molecule has 0 aliphatic heterocycles. The van der Waals surface area contributed by atoms with Crippen LogP contribution in [0.1, 0.15) is 28.7 Å². The molecular formula is C13H14BrN3O2S. The van der Waals surface area contributed by atoms with Gasteiger partial charge >= 0.3 is 5.97 Å². The molecule has 106 valence electrons. The van der Waals surface area contributed by atoms with E-state index >= 15 is 0 Å². The van der Waals surface area contributed by atoms with Crippen LogP contribution in [0.4, 0.5) is 0 Å². The zero-order valence-electron chi connectivity index (χ0n) is 11.1. The summed E-state index contributed by atoms with van der Waals surface area (Å²) in [7, 11) is 1.89. The monoisotopic (exact) mass is 355 g/mol. The average molecular weight is 356 g/mol. The van der Waals surface area contributed by atoms with Crippen LogP contribution < -0.4 is 0 Å². The highest BCUT2D eigenvalue weighted by molar-refractivity contribution is 9.10. The number of aryl methyl sites for hydroxylation is 2. The van der Waals surface area contributed by atoms with Gasteiger partial charge in [-0.3, -0.25) is 4.68 Å². The maximum Gasteiger partial charge on any atom is 0.338 e. The normalized spacial score (nSPS) is 10.8. The predicted molar refractivity (Wildman–Crippen MR) is 81.0 cm³/mol. The first-order chi connectivity index (χ1) is 9.54. The van der Waals surface area contributed by atoms with Gasteiger partial charge < -0.3 is 5.11 Å². The number of hydrogen-bond acceptors (Lipinski definition) is 4. The van der Waals surface area contributed by atoms with Gasteiger partial charge in [0.25, 0.3) is 0 Å². The zero-order valence-corrected chi connectivity index (χ0v) is 13.5. The number of hydrogen-bond donors (Lipinski definition) is 1. The van der Waals surface area contributed by atoms with Crippen LogP contribution in [0, 0.1) is 0 Å². The van der Waals surface area contributed by atoms with Crippen LogP contribution in [0.25, 0.3) is 0 Å². The van der Waals surface area contributed by atoms with Crippen molar-refractivity contribution < 1.29 is 9.90 Å².